The number of carbonyl (C=O) groups excluding carboxylic acids is 1. The average Bonchev–Trinajstić information content (AvgIpc) is 2.73. The molecule has 152 valence electrons. The Morgan fingerprint density at radius 1 is 1.10 bits per heavy atom. The SMILES string of the molecule is CC(C(=O)Nc1ccc(C#N)cc1)N1CCN(c2cccc(C(F)(F)F)c2)CC1. The van der Waals surface area contributed by atoms with E-state index >= 15 is 0 Å². The molecule has 2 aromatic rings. The Bertz CT molecular complexity index is 897. The van der Waals surface area contributed by atoms with Crippen LogP contribution in [-0.2, 0) is 11.0 Å². The van der Waals surface area contributed by atoms with Crippen molar-refractivity contribution in [3.05, 3.63) is 59.7 Å². The summed E-state index contributed by atoms with van der Waals surface area (Å²) in [5.41, 5.74) is 1.01. The van der Waals surface area contributed by atoms with E-state index in [9.17, 15) is 18.0 Å². The fourth-order valence-corrected chi connectivity index (χ4v) is 3.29. The van der Waals surface area contributed by atoms with Gasteiger partial charge in [-0.3, -0.25) is 9.69 Å². The number of alkyl halides is 3. The lowest BCUT2D eigenvalue weighted by Gasteiger charge is -2.38. The molecule has 0 aromatic heterocycles. The molecule has 5 nitrogen and oxygen atoms in total. The lowest BCUT2D eigenvalue weighted by atomic mass is 10.1. The van der Waals surface area contributed by atoms with Crippen molar-refractivity contribution in [1.29, 1.82) is 5.26 Å². The van der Waals surface area contributed by atoms with Gasteiger partial charge in [0.1, 0.15) is 0 Å². The lowest BCUT2D eigenvalue weighted by molar-refractivity contribution is -0.137. The second-order valence-corrected chi connectivity index (χ2v) is 6.93. The van der Waals surface area contributed by atoms with Crippen LogP contribution in [-0.4, -0.2) is 43.0 Å². The largest absolute Gasteiger partial charge is 0.416 e. The minimum Gasteiger partial charge on any atom is -0.369 e. The van der Waals surface area contributed by atoms with Gasteiger partial charge in [0.15, 0.2) is 0 Å². The number of benzene rings is 2. The van der Waals surface area contributed by atoms with E-state index in [1.54, 1.807) is 37.3 Å². The first-order valence-corrected chi connectivity index (χ1v) is 9.25. The first-order chi connectivity index (χ1) is 13.8. The molecule has 1 unspecified atom stereocenters. The summed E-state index contributed by atoms with van der Waals surface area (Å²) in [5, 5.41) is 11.7. The molecule has 0 radical (unpaired) electrons. The molecule has 1 saturated heterocycles. The number of anilines is 2. The molecule has 8 heteroatoms. The highest BCUT2D eigenvalue weighted by atomic mass is 19.4. The third-order valence-electron chi connectivity index (χ3n) is 5.06. The van der Waals surface area contributed by atoms with Crippen LogP contribution in [0.25, 0.3) is 0 Å². The standard InChI is InChI=1S/C21H21F3N4O/c1-15(20(29)26-18-7-5-16(14-25)6-8-18)27-9-11-28(12-10-27)19-4-2-3-17(13-19)21(22,23)24/h2-8,13,15H,9-12H2,1H3,(H,26,29). The number of nitrogens with zero attached hydrogens (tertiary/aromatic N) is 3. The molecule has 1 amide bonds. The van der Waals surface area contributed by atoms with Crippen molar-refractivity contribution in [1.82, 2.24) is 4.90 Å². The predicted molar refractivity (Wildman–Crippen MR) is 104 cm³/mol. The number of halogens is 3. The monoisotopic (exact) mass is 402 g/mol. The van der Waals surface area contributed by atoms with E-state index in [1.807, 2.05) is 15.9 Å². The van der Waals surface area contributed by atoms with Gasteiger partial charge in [0, 0.05) is 37.6 Å². The number of nitrogens with one attached hydrogen (secondary N) is 1. The minimum absolute atomic E-state index is 0.165. The van der Waals surface area contributed by atoms with E-state index in [2.05, 4.69) is 5.32 Å². The van der Waals surface area contributed by atoms with Crippen molar-refractivity contribution in [3.8, 4) is 6.07 Å². The molecule has 1 N–H and O–H groups in total. The highest BCUT2D eigenvalue weighted by Crippen LogP contribution is 2.32. The van der Waals surface area contributed by atoms with Crippen LogP contribution >= 0.6 is 0 Å². The van der Waals surface area contributed by atoms with Gasteiger partial charge in [-0.15, -0.1) is 0 Å². The number of piperazine rings is 1. The molecule has 0 bridgehead atoms. The van der Waals surface area contributed by atoms with Gasteiger partial charge < -0.3 is 10.2 Å². The van der Waals surface area contributed by atoms with E-state index in [0.29, 0.717) is 43.1 Å². The van der Waals surface area contributed by atoms with Crippen molar-refractivity contribution < 1.29 is 18.0 Å². The Hall–Kier alpha value is -3.05. The topological polar surface area (TPSA) is 59.4 Å². The summed E-state index contributed by atoms with van der Waals surface area (Å²) >= 11 is 0. The van der Waals surface area contributed by atoms with Crippen molar-refractivity contribution in [2.75, 3.05) is 36.4 Å². The molecule has 3 rings (SSSR count). The zero-order valence-corrected chi connectivity index (χ0v) is 15.9. The van der Waals surface area contributed by atoms with E-state index in [1.165, 1.54) is 6.07 Å². The van der Waals surface area contributed by atoms with E-state index in [0.717, 1.165) is 12.1 Å². The maximum Gasteiger partial charge on any atom is 0.416 e. The second kappa shape index (κ2) is 8.53. The molecule has 29 heavy (non-hydrogen) atoms. The van der Waals surface area contributed by atoms with Gasteiger partial charge in [-0.05, 0) is 49.4 Å². The summed E-state index contributed by atoms with van der Waals surface area (Å²) in [7, 11) is 0. The van der Waals surface area contributed by atoms with Crippen LogP contribution in [0.2, 0.25) is 0 Å². The average molecular weight is 402 g/mol. The highest BCUT2D eigenvalue weighted by Gasteiger charge is 2.31. The molecule has 0 spiro atoms. The number of amides is 1. The molecule has 1 aliphatic rings. The third-order valence-corrected chi connectivity index (χ3v) is 5.06. The van der Waals surface area contributed by atoms with Crippen LogP contribution in [0.3, 0.4) is 0 Å². The van der Waals surface area contributed by atoms with Crippen LogP contribution in [0.4, 0.5) is 24.5 Å². The van der Waals surface area contributed by atoms with Crippen molar-refractivity contribution >= 4 is 17.3 Å². The van der Waals surface area contributed by atoms with Gasteiger partial charge in [0.05, 0.1) is 23.2 Å². The number of carbonyl (C=O) groups is 1. The molecule has 1 aliphatic heterocycles. The van der Waals surface area contributed by atoms with Gasteiger partial charge in [0.2, 0.25) is 5.91 Å². The van der Waals surface area contributed by atoms with Crippen LogP contribution < -0.4 is 10.2 Å². The van der Waals surface area contributed by atoms with Crippen LogP contribution in [0.1, 0.15) is 18.1 Å². The van der Waals surface area contributed by atoms with E-state index in [-0.39, 0.29) is 11.9 Å². The number of rotatable bonds is 4. The summed E-state index contributed by atoms with van der Waals surface area (Å²) in [4.78, 5) is 16.4. The third kappa shape index (κ3) is 5.06. The van der Waals surface area contributed by atoms with Gasteiger partial charge in [0.25, 0.3) is 0 Å². The number of nitriles is 1. The lowest BCUT2D eigenvalue weighted by Crippen LogP contribution is -2.52. The Morgan fingerprint density at radius 3 is 2.34 bits per heavy atom. The quantitative estimate of drug-likeness (QED) is 0.847. The molecule has 1 atom stereocenters. The predicted octanol–water partition coefficient (Wildman–Crippen LogP) is 3.73. The maximum absolute atomic E-state index is 12.9. The van der Waals surface area contributed by atoms with Crippen molar-refractivity contribution in [2.45, 2.75) is 19.1 Å². The Labute approximate surface area is 167 Å². The Kier molecular flexibility index (Phi) is 6.09. The van der Waals surface area contributed by atoms with Gasteiger partial charge in [-0.25, -0.2) is 0 Å². The Morgan fingerprint density at radius 2 is 1.76 bits per heavy atom. The summed E-state index contributed by atoms with van der Waals surface area (Å²) in [5.74, 6) is -0.165. The first kappa shape index (κ1) is 20.7. The smallest absolute Gasteiger partial charge is 0.369 e. The molecule has 0 aliphatic carbocycles. The highest BCUT2D eigenvalue weighted by molar-refractivity contribution is 5.94. The fourth-order valence-electron chi connectivity index (χ4n) is 3.29. The Balaban J connectivity index is 1.57. The van der Waals surface area contributed by atoms with Crippen LogP contribution in [0, 0.1) is 11.3 Å². The van der Waals surface area contributed by atoms with E-state index in [4.69, 9.17) is 5.26 Å². The van der Waals surface area contributed by atoms with Crippen molar-refractivity contribution in [2.24, 2.45) is 0 Å². The molecule has 1 heterocycles. The minimum atomic E-state index is -4.37. The summed E-state index contributed by atoms with van der Waals surface area (Å²) in [6.07, 6.45) is -4.37. The van der Waals surface area contributed by atoms with Gasteiger partial charge >= 0.3 is 6.18 Å². The zero-order chi connectivity index (χ0) is 21.0. The van der Waals surface area contributed by atoms with E-state index < -0.39 is 11.7 Å². The zero-order valence-electron chi connectivity index (χ0n) is 15.9. The van der Waals surface area contributed by atoms with Crippen LogP contribution in [0.5, 0.6) is 0 Å². The molecular formula is C21H21F3N4O. The summed E-state index contributed by atoms with van der Waals surface area (Å²) in [6, 6.07) is 13.6. The summed E-state index contributed by atoms with van der Waals surface area (Å²) < 4.78 is 38.8. The fraction of sp³-hybridized carbons (Fsp3) is 0.333. The molecular weight excluding hydrogens is 381 g/mol. The van der Waals surface area contributed by atoms with Crippen molar-refractivity contribution in [3.63, 3.8) is 0 Å². The molecule has 1 fully saturated rings. The molecule has 0 saturated carbocycles. The van der Waals surface area contributed by atoms with Gasteiger partial charge in [-0.2, -0.15) is 18.4 Å². The number of hydrogen-bond donors (Lipinski definition) is 1. The second-order valence-electron chi connectivity index (χ2n) is 6.93. The normalized spacial score (nSPS) is 16.2. The summed E-state index contributed by atoms with van der Waals surface area (Å²) in [6.45, 7) is 4.01. The van der Waals surface area contributed by atoms with Gasteiger partial charge in [-0.1, -0.05) is 6.07 Å². The van der Waals surface area contributed by atoms with Crippen LogP contribution in [0.15, 0.2) is 48.5 Å². The maximum atomic E-state index is 12.9. The molecule has 2 aromatic carbocycles. The first-order valence-electron chi connectivity index (χ1n) is 9.25. The number of hydrogen-bond acceptors (Lipinski definition) is 4.